The van der Waals surface area contributed by atoms with Crippen LogP contribution in [-0.2, 0) is 0 Å². The maximum absolute atomic E-state index is 6.06. The lowest BCUT2D eigenvalue weighted by atomic mass is 10.0. The molecule has 0 saturated heterocycles. The first-order valence-electron chi connectivity index (χ1n) is 17.5. The van der Waals surface area contributed by atoms with E-state index in [9.17, 15) is 0 Å². The molecule has 10 aromatic rings. The minimum Gasteiger partial charge on any atom is -0.434 e. The number of pyridine rings is 1. The highest BCUT2D eigenvalue weighted by molar-refractivity contribution is 6.02. The van der Waals surface area contributed by atoms with Gasteiger partial charge in [0.05, 0.1) is 23.0 Å². The molecular weight excluding hydrogens is 651 g/mol. The highest BCUT2D eigenvalue weighted by atomic mass is 16.3. The van der Waals surface area contributed by atoms with E-state index in [1.54, 1.807) is 6.20 Å². The van der Waals surface area contributed by atoms with E-state index in [0.717, 1.165) is 66.6 Å². The highest BCUT2D eigenvalue weighted by Gasteiger charge is 2.15. The zero-order valence-corrected chi connectivity index (χ0v) is 28.4. The molecule has 0 amide bonds. The Morgan fingerprint density at radius 1 is 0.358 bits per heavy atom. The number of hydrogen-bond acceptors (Lipinski definition) is 6. The molecule has 0 unspecified atom stereocenters. The second kappa shape index (κ2) is 12.8. The van der Waals surface area contributed by atoms with Gasteiger partial charge in [-0.2, -0.15) is 0 Å². The van der Waals surface area contributed by atoms with E-state index in [4.69, 9.17) is 19.4 Å². The Labute approximate surface area is 305 Å². The van der Waals surface area contributed by atoms with Crippen LogP contribution in [0.5, 0.6) is 0 Å². The molecule has 6 aromatic carbocycles. The molecule has 0 bridgehead atoms. The zero-order chi connectivity index (χ0) is 35.1. The molecule has 0 atom stereocenters. The van der Waals surface area contributed by atoms with Crippen molar-refractivity contribution in [2.75, 3.05) is 0 Å². The van der Waals surface area contributed by atoms with Crippen molar-refractivity contribution < 1.29 is 4.42 Å². The number of fused-ring (bicyclic) bond motifs is 4. The second-order valence-electron chi connectivity index (χ2n) is 13.0. The van der Waals surface area contributed by atoms with Gasteiger partial charge in [0.25, 0.3) is 0 Å². The third kappa shape index (κ3) is 5.78. The van der Waals surface area contributed by atoms with Crippen LogP contribution in [0.25, 0.3) is 101 Å². The van der Waals surface area contributed by atoms with Crippen molar-refractivity contribution in [1.29, 1.82) is 0 Å². The fraction of sp³-hybridized carbons (Fsp3) is 0. The minimum absolute atomic E-state index is 0.532. The topological polar surface area (TPSA) is 77.6 Å². The molecular formula is C47H29N5O. The average molecular weight is 680 g/mol. The predicted molar refractivity (Wildman–Crippen MR) is 213 cm³/mol. The molecule has 0 saturated carbocycles. The lowest BCUT2D eigenvalue weighted by Crippen LogP contribution is -1.96. The Balaban J connectivity index is 0.998. The van der Waals surface area contributed by atoms with Gasteiger partial charge in [0, 0.05) is 34.0 Å². The van der Waals surface area contributed by atoms with Gasteiger partial charge in [0.15, 0.2) is 17.2 Å². The van der Waals surface area contributed by atoms with Gasteiger partial charge in [-0.25, -0.2) is 24.9 Å². The van der Waals surface area contributed by atoms with Crippen molar-refractivity contribution in [3.63, 3.8) is 0 Å². The fourth-order valence-electron chi connectivity index (χ4n) is 6.83. The third-order valence-electron chi connectivity index (χ3n) is 9.64. The summed E-state index contributed by atoms with van der Waals surface area (Å²) in [5.74, 6) is 1.33. The van der Waals surface area contributed by atoms with E-state index >= 15 is 0 Å². The smallest absolute Gasteiger partial charge is 0.229 e. The largest absolute Gasteiger partial charge is 0.434 e. The number of aromatic nitrogens is 5. The van der Waals surface area contributed by atoms with E-state index in [-0.39, 0.29) is 0 Å². The Morgan fingerprint density at radius 2 is 0.925 bits per heavy atom. The summed E-state index contributed by atoms with van der Waals surface area (Å²) >= 11 is 0. The van der Waals surface area contributed by atoms with Crippen molar-refractivity contribution in [3.8, 4) is 67.5 Å². The maximum Gasteiger partial charge on any atom is 0.229 e. The van der Waals surface area contributed by atoms with Gasteiger partial charge in [-0.05, 0) is 45.7 Å². The van der Waals surface area contributed by atoms with Crippen molar-refractivity contribution in [2.45, 2.75) is 0 Å². The van der Waals surface area contributed by atoms with E-state index in [0.29, 0.717) is 22.9 Å². The number of hydrogen-bond donors (Lipinski definition) is 0. The summed E-state index contributed by atoms with van der Waals surface area (Å²) in [5, 5.41) is 3.17. The van der Waals surface area contributed by atoms with Crippen LogP contribution in [0, 0.1) is 0 Å². The number of benzene rings is 6. The molecule has 6 nitrogen and oxygen atoms in total. The van der Waals surface area contributed by atoms with Crippen LogP contribution in [0.1, 0.15) is 0 Å². The van der Waals surface area contributed by atoms with Crippen LogP contribution in [0.15, 0.2) is 181 Å². The Bertz CT molecular complexity index is 2920. The number of rotatable bonds is 6. The van der Waals surface area contributed by atoms with Gasteiger partial charge in [-0.15, -0.1) is 0 Å². The van der Waals surface area contributed by atoms with Gasteiger partial charge < -0.3 is 4.42 Å². The quantitative estimate of drug-likeness (QED) is 0.174. The van der Waals surface area contributed by atoms with Crippen molar-refractivity contribution in [1.82, 2.24) is 24.9 Å². The lowest BCUT2D eigenvalue weighted by Gasteiger charge is -2.11. The molecule has 0 aliphatic carbocycles. The van der Waals surface area contributed by atoms with E-state index in [2.05, 4.69) is 125 Å². The molecule has 4 heterocycles. The minimum atomic E-state index is 0.532. The summed E-state index contributed by atoms with van der Waals surface area (Å²) in [7, 11) is 0. The molecule has 0 radical (unpaired) electrons. The Kier molecular flexibility index (Phi) is 7.36. The summed E-state index contributed by atoms with van der Waals surface area (Å²) < 4.78 is 6.06. The first-order chi connectivity index (χ1) is 26.2. The number of nitrogens with zero attached hydrogens (tertiary/aromatic N) is 5. The zero-order valence-electron chi connectivity index (χ0n) is 28.4. The maximum atomic E-state index is 6.06. The first kappa shape index (κ1) is 30.5. The van der Waals surface area contributed by atoms with Crippen LogP contribution < -0.4 is 0 Å². The molecule has 248 valence electrons. The molecule has 0 aliphatic rings. The highest BCUT2D eigenvalue weighted by Crippen LogP contribution is 2.34. The molecule has 4 aromatic heterocycles. The van der Waals surface area contributed by atoms with Gasteiger partial charge >= 0.3 is 0 Å². The van der Waals surface area contributed by atoms with Crippen LogP contribution in [0.3, 0.4) is 0 Å². The van der Waals surface area contributed by atoms with Gasteiger partial charge in [0.1, 0.15) is 5.52 Å². The monoisotopic (exact) mass is 679 g/mol. The fourth-order valence-corrected chi connectivity index (χ4v) is 6.83. The normalized spacial score (nSPS) is 11.4. The van der Waals surface area contributed by atoms with E-state index in [1.165, 1.54) is 10.9 Å². The molecule has 10 rings (SSSR count). The average Bonchev–Trinajstić information content (AvgIpc) is 3.61. The third-order valence-corrected chi connectivity index (χ3v) is 9.64. The summed E-state index contributed by atoms with van der Waals surface area (Å²) in [6.07, 6.45) is 3.58. The van der Waals surface area contributed by atoms with Crippen LogP contribution in [0.4, 0.5) is 0 Å². The number of furan rings is 1. The second-order valence-corrected chi connectivity index (χ2v) is 13.0. The van der Waals surface area contributed by atoms with Crippen LogP contribution >= 0.6 is 0 Å². The lowest BCUT2D eigenvalue weighted by molar-refractivity contribution is 0.651. The van der Waals surface area contributed by atoms with Gasteiger partial charge in [-0.1, -0.05) is 146 Å². The standard InChI is InChI=1S/C47H29N5O/c1-3-9-30(10-4-1)32-15-20-34(21-16-32)41-27-42(51-46(50-41)36-12-5-2-6-13-36)35-22-17-33(18-23-35)39-26-40-44-43(53-47(40)49-28-39)29-48-45(52-44)38-24-19-31-11-7-8-14-37(31)25-38/h1-29H. The SMILES string of the molecule is c1ccc(-c2ccc(-c3cc(-c4ccc(-c5cnc6oc7cnc(-c8ccc9ccccc9c8)nc7c6c5)cc4)nc(-c4ccccc4)n3)cc2)cc1. The molecule has 6 heteroatoms. The molecule has 0 N–H and O–H groups in total. The summed E-state index contributed by atoms with van der Waals surface area (Å²) in [4.78, 5) is 24.3. The molecule has 53 heavy (non-hydrogen) atoms. The first-order valence-corrected chi connectivity index (χ1v) is 17.5. The predicted octanol–water partition coefficient (Wildman–Crippen LogP) is 11.7. The summed E-state index contributed by atoms with van der Waals surface area (Å²) in [5.41, 5.74) is 11.9. The molecule has 0 aliphatic heterocycles. The van der Waals surface area contributed by atoms with Crippen molar-refractivity contribution >= 4 is 33.0 Å². The summed E-state index contributed by atoms with van der Waals surface area (Å²) in [6, 6.07) is 56.2. The van der Waals surface area contributed by atoms with Gasteiger partial charge in [0.2, 0.25) is 5.71 Å². The summed E-state index contributed by atoms with van der Waals surface area (Å²) in [6.45, 7) is 0. The van der Waals surface area contributed by atoms with E-state index < -0.39 is 0 Å². The van der Waals surface area contributed by atoms with Crippen molar-refractivity contribution in [3.05, 3.63) is 176 Å². The van der Waals surface area contributed by atoms with Gasteiger partial charge in [-0.3, -0.25) is 0 Å². The van der Waals surface area contributed by atoms with Crippen LogP contribution in [-0.4, -0.2) is 24.9 Å². The van der Waals surface area contributed by atoms with Crippen molar-refractivity contribution in [2.24, 2.45) is 0 Å². The Hall–Kier alpha value is -7.31. The Morgan fingerprint density at radius 3 is 1.62 bits per heavy atom. The molecule has 0 fully saturated rings. The van der Waals surface area contributed by atoms with Crippen LogP contribution in [0.2, 0.25) is 0 Å². The van der Waals surface area contributed by atoms with E-state index in [1.807, 2.05) is 54.7 Å². The molecule has 0 spiro atoms.